The van der Waals surface area contributed by atoms with Gasteiger partial charge in [0.2, 0.25) is 0 Å². The largest absolute Gasteiger partial charge is 0.477 e. The van der Waals surface area contributed by atoms with Gasteiger partial charge in [-0.1, -0.05) is 0 Å². The summed E-state index contributed by atoms with van der Waals surface area (Å²) in [6, 6.07) is 0. The molecule has 0 aliphatic heterocycles. The molecule has 0 radical (unpaired) electrons. The van der Waals surface area contributed by atoms with Gasteiger partial charge in [-0.3, -0.25) is 5.43 Å². The van der Waals surface area contributed by atoms with Crippen molar-refractivity contribution >= 4 is 29.0 Å². The number of aliphatic hydroxyl groups is 4. The number of nitrogens with zero attached hydrogens (tertiary/aromatic N) is 1. The number of hydrogen-bond acceptors (Lipinski definition) is 7. The minimum atomic E-state index is -2.02. The molecular formula is C7H13N3O6S. The third-order valence-electron chi connectivity index (χ3n) is 1.69. The third kappa shape index (κ3) is 5.01. The summed E-state index contributed by atoms with van der Waals surface area (Å²) in [5, 5.41) is 47.7. The van der Waals surface area contributed by atoms with Gasteiger partial charge in [0.25, 0.3) is 0 Å². The highest BCUT2D eigenvalue weighted by atomic mass is 32.1. The maximum Gasteiger partial charge on any atom is 0.354 e. The van der Waals surface area contributed by atoms with Crippen LogP contribution in [0.4, 0.5) is 0 Å². The van der Waals surface area contributed by atoms with Crippen LogP contribution in [0.15, 0.2) is 5.10 Å². The first kappa shape index (κ1) is 15.7. The predicted molar refractivity (Wildman–Crippen MR) is 60.1 cm³/mol. The Labute approximate surface area is 101 Å². The SMILES string of the molecule is NC(=S)N/N=C(/C(=O)O)[C@H](O)[C@H](O)[C@H](O)CO. The quantitative estimate of drug-likeness (QED) is 0.146. The highest BCUT2D eigenvalue weighted by Gasteiger charge is 2.32. The van der Waals surface area contributed by atoms with E-state index in [-0.39, 0.29) is 5.11 Å². The molecule has 0 fully saturated rings. The lowest BCUT2D eigenvalue weighted by Gasteiger charge is -2.20. The summed E-state index contributed by atoms with van der Waals surface area (Å²) in [5.41, 5.74) is 6.01. The van der Waals surface area contributed by atoms with E-state index in [0.29, 0.717) is 0 Å². The second-order valence-electron chi connectivity index (χ2n) is 2.96. The number of hydrogen-bond donors (Lipinski definition) is 7. The van der Waals surface area contributed by atoms with Gasteiger partial charge >= 0.3 is 5.97 Å². The number of thiocarbonyl (C=S) groups is 1. The van der Waals surface area contributed by atoms with Gasteiger partial charge in [-0.25, -0.2) is 4.79 Å². The fourth-order valence-corrected chi connectivity index (χ4v) is 0.882. The van der Waals surface area contributed by atoms with Gasteiger partial charge in [-0.05, 0) is 12.2 Å². The van der Waals surface area contributed by atoms with Gasteiger partial charge in [0.15, 0.2) is 10.8 Å². The molecule has 0 aromatic heterocycles. The molecule has 98 valence electrons. The van der Waals surface area contributed by atoms with E-state index < -0.39 is 36.6 Å². The molecule has 3 atom stereocenters. The lowest BCUT2D eigenvalue weighted by atomic mass is 10.0. The second-order valence-corrected chi connectivity index (χ2v) is 3.40. The van der Waals surface area contributed by atoms with Gasteiger partial charge in [0, 0.05) is 0 Å². The molecule has 0 bridgehead atoms. The Balaban J connectivity index is 4.88. The van der Waals surface area contributed by atoms with Gasteiger partial charge in [0.05, 0.1) is 6.61 Å². The van der Waals surface area contributed by atoms with Crippen LogP contribution in [0.3, 0.4) is 0 Å². The normalized spacial score (nSPS) is 17.1. The molecule has 0 aliphatic rings. The number of hydrazone groups is 1. The number of rotatable bonds is 6. The van der Waals surface area contributed by atoms with E-state index in [1.54, 1.807) is 0 Å². The van der Waals surface area contributed by atoms with Gasteiger partial charge in [-0.2, -0.15) is 5.10 Å². The molecule has 9 nitrogen and oxygen atoms in total. The van der Waals surface area contributed by atoms with E-state index in [1.165, 1.54) is 0 Å². The van der Waals surface area contributed by atoms with Crippen molar-refractivity contribution in [2.45, 2.75) is 18.3 Å². The highest BCUT2D eigenvalue weighted by molar-refractivity contribution is 7.80. The molecule has 0 aliphatic carbocycles. The van der Waals surface area contributed by atoms with Crippen LogP contribution in [0.1, 0.15) is 0 Å². The van der Waals surface area contributed by atoms with Gasteiger partial charge in [0.1, 0.15) is 18.3 Å². The third-order valence-corrected chi connectivity index (χ3v) is 1.78. The average Bonchev–Trinajstić information content (AvgIpc) is 2.25. The number of nitrogens with two attached hydrogens (primary N) is 1. The van der Waals surface area contributed by atoms with Crippen LogP contribution in [0.25, 0.3) is 0 Å². The number of carbonyl (C=O) groups is 1. The number of aliphatic hydroxyl groups excluding tert-OH is 4. The molecular weight excluding hydrogens is 254 g/mol. The van der Waals surface area contributed by atoms with Crippen molar-refractivity contribution < 1.29 is 30.3 Å². The van der Waals surface area contributed by atoms with E-state index in [9.17, 15) is 15.0 Å². The molecule has 0 aromatic carbocycles. The molecule has 17 heavy (non-hydrogen) atoms. The molecule has 0 unspecified atom stereocenters. The minimum absolute atomic E-state index is 0.340. The molecule has 0 amide bonds. The summed E-state index contributed by atoms with van der Waals surface area (Å²) in [6.45, 7) is -0.853. The van der Waals surface area contributed by atoms with E-state index in [4.69, 9.17) is 21.1 Å². The van der Waals surface area contributed by atoms with Crippen molar-refractivity contribution in [1.29, 1.82) is 0 Å². The molecule has 0 saturated heterocycles. The first-order valence-corrected chi connectivity index (χ1v) is 4.73. The zero-order valence-electron chi connectivity index (χ0n) is 8.52. The first-order chi connectivity index (χ1) is 7.81. The average molecular weight is 267 g/mol. The maximum atomic E-state index is 10.7. The minimum Gasteiger partial charge on any atom is -0.477 e. The molecule has 8 N–H and O–H groups in total. The number of aliphatic carboxylic acids is 1. The zero-order valence-corrected chi connectivity index (χ0v) is 9.33. The zero-order chi connectivity index (χ0) is 13.6. The molecule has 0 saturated carbocycles. The van der Waals surface area contributed by atoms with E-state index in [1.807, 2.05) is 5.43 Å². The van der Waals surface area contributed by atoms with Crippen molar-refractivity contribution in [2.24, 2.45) is 10.8 Å². The Bertz CT molecular complexity index is 323. The summed E-state index contributed by atoms with van der Waals surface area (Å²) in [5.74, 6) is -1.65. The fourth-order valence-electron chi connectivity index (χ4n) is 0.836. The monoisotopic (exact) mass is 267 g/mol. The van der Waals surface area contributed by atoms with Gasteiger partial charge in [-0.15, -0.1) is 0 Å². The second kappa shape index (κ2) is 7.09. The van der Waals surface area contributed by atoms with Crippen molar-refractivity contribution in [3.8, 4) is 0 Å². The van der Waals surface area contributed by atoms with E-state index in [2.05, 4.69) is 17.3 Å². The molecule has 10 heteroatoms. The number of nitrogens with one attached hydrogen (secondary N) is 1. The highest BCUT2D eigenvalue weighted by Crippen LogP contribution is 2.02. The maximum absolute atomic E-state index is 10.7. The lowest BCUT2D eigenvalue weighted by Crippen LogP contribution is -2.47. The Hall–Kier alpha value is -1.33. The first-order valence-electron chi connectivity index (χ1n) is 4.32. The number of carboxylic acids is 1. The van der Waals surface area contributed by atoms with Crippen molar-refractivity contribution in [2.75, 3.05) is 6.61 Å². The lowest BCUT2D eigenvalue weighted by molar-refractivity contribution is -0.130. The van der Waals surface area contributed by atoms with Crippen molar-refractivity contribution in [3.63, 3.8) is 0 Å². The topological polar surface area (TPSA) is 169 Å². The summed E-state index contributed by atoms with van der Waals surface area (Å²) in [4.78, 5) is 10.7. The molecule has 0 rings (SSSR count). The van der Waals surface area contributed by atoms with Crippen molar-refractivity contribution in [1.82, 2.24) is 5.43 Å². The van der Waals surface area contributed by atoms with E-state index >= 15 is 0 Å². The summed E-state index contributed by atoms with van der Waals surface area (Å²) >= 11 is 4.36. The number of carboxylic acid groups (broad SMARTS) is 1. The van der Waals surface area contributed by atoms with Crippen LogP contribution in [-0.4, -0.2) is 67.2 Å². The van der Waals surface area contributed by atoms with Crippen molar-refractivity contribution in [3.05, 3.63) is 0 Å². The Morgan fingerprint density at radius 1 is 1.41 bits per heavy atom. The Morgan fingerprint density at radius 2 is 1.94 bits per heavy atom. The smallest absolute Gasteiger partial charge is 0.354 e. The van der Waals surface area contributed by atoms with Crippen LogP contribution < -0.4 is 11.2 Å². The van der Waals surface area contributed by atoms with Crippen LogP contribution in [0.5, 0.6) is 0 Å². The Morgan fingerprint density at radius 3 is 2.29 bits per heavy atom. The fraction of sp³-hybridized carbons (Fsp3) is 0.571. The standard InChI is InChI=1S/C7H13N3O6S/c8-7(17)10-9-3(6(15)16)5(14)4(13)2(12)1-11/h2,4-5,11-14H,1H2,(H,15,16)(H3,8,10,17)/b9-3+/t2-,4-,5+/m1/s1. The summed E-state index contributed by atoms with van der Waals surface area (Å²) < 4.78 is 0. The van der Waals surface area contributed by atoms with Crippen LogP contribution in [0.2, 0.25) is 0 Å². The predicted octanol–water partition coefficient (Wildman–Crippen LogP) is -3.66. The molecule has 0 heterocycles. The summed E-state index contributed by atoms with van der Waals surface area (Å²) in [7, 11) is 0. The van der Waals surface area contributed by atoms with Crippen LogP contribution in [0, 0.1) is 0 Å². The molecule has 0 aromatic rings. The van der Waals surface area contributed by atoms with Gasteiger partial charge < -0.3 is 31.3 Å². The van der Waals surface area contributed by atoms with Crippen LogP contribution in [-0.2, 0) is 4.79 Å². The molecule has 0 spiro atoms. The summed E-state index contributed by atoms with van der Waals surface area (Å²) in [6.07, 6.45) is -5.64. The Kier molecular flexibility index (Phi) is 6.53. The van der Waals surface area contributed by atoms with E-state index in [0.717, 1.165) is 0 Å². The van der Waals surface area contributed by atoms with Crippen LogP contribution >= 0.6 is 12.2 Å².